The van der Waals surface area contributed by atoms with Gasteiger partial charge in [-0.2, -0.15) is 0 Å². The van der Waals surface area contributed by atoms with Crippen LogP contribution < -0.4 is 14.8 Å². The summed E-state index contributed by atoms with van der Waals surface area (Å²) in [5, 5.41) is 3.28. The van der Waals surface area contributed by atoms with E-state index in [4.69, 9.17) is 9.47 Å². The first-order chi connectivity index (χ1) is 16.0. The molecular weight excluding hydrogens is 408 g/mol. The minimum absolute atomic E-state index is 0.337. The number of aryl methyl sites for hydroxylation is 1. The van der Waals surface area contributed by atoms with E-state index in [-0.39, 0.29) is 0 Å². The van der Waals surface area contributed by atoms with Gasteiger partial charge in [0.1, 0.15) is 0 Å². The molecule has 0 saturated carbocycles. The summed E-state index contributed by atoms with van der Waals surface area (Å²) in [5.41, 5.74) is 7.64. The van der Waals surface area contributed by atoms with Gasteiger partial charge in [0.25, 0.3) is 0 Å². The van der Waals surface area contributed by atoms with Crippen molar-refractivity contribution in [3.8, 4) is 11.5 Å². The molecule has 1 aromatic heterocycles. The molecule has 1 aliphatic heterocycles. The molecule has 0 radical (unpaired) electrons. The van der Waals surface area contributed by atoms with E-state index in [1.54, 1.807) is 0 Å². The fourth-order valence-electron chi connectivity index (χ4n) is 3.88. The van der Waals surface area contributed by atoms with E-state index in [2.05, 4.69) is 55.0 Å². The third-order valence-electron chi connectivity index (χ3n) is 5.87. The van der Waals surface area contributed by atoms with Gasteiger partial charge in [-0.05, 0) is 74.9 Å². The fourth-order valence-corrected chi connectivity index (χ4v) is 3.88. The van der Waals surface area contributed by atoms with Crippen LogP contribution in [0.2, 0.25) is 0 Å². The maximum absolute atomic E-state index is 5.32. The quantitative estimate of drug-likeness (QED) is 0.479. The lowest BCUT2D eigenvalue weighted by molar-refractivity contribution is 0.174. The summed E-state index contributed by atoms with van der Waals surface area (Å²) in [6.45, 7) is 14.6. The molecule has 4 rings (SSSR count). The SMILES string of the molecule is C=CC(CC)c1ccc2c(c1)OCO2.CC.CNC1=CC(c2ccc(C)nc2)=C(C)CCC1. The Morgan fingerprint density at radius 1 is 1.09 bits per heavy atom. The van der Waals surface area contributed by atoms with Gasteiger partial charge in [0.15, 0.2) is 11.5 Å². The van der Waals surface area contributed by atoms with Crippen LogP contribution in [0.1, 0.15) is 76.1 Å². The van der Waals surface area contributed by atoms with Crippen molar-refractivity contribution in [1.29, 1.82) is 0 Å². The Labute approximate surface area is 200 Å². The Balaban J connectivity index is 0.000000221. The van der Waals surface area contributed by atoms with Crippen LogP contribution in [0.25, 0.3) is 5.57 Å². The number of rotatable bonds is 5. The highest BCUT2D eigenvalue weighted by Gasteiger charge is 2.15. The molecule has 0 saturated heterocycles. The van der Waals surface area contributed by atoms with Crippen molar-refractivity contribution in [1.82, 2.24) is 10.3 Å². The molecule has 0 amide bonds. The van der Waals surface area contributed by atoms with Crippen LogP contribution in [0.4, 0.5) is 0 Å². The van der Waals surface area contributed by atoms with Crippen molar-refractivity contribution < 1.29 is 9.47 Å². The first-order valence-corrected chi connectivity index (χ1v) is 12.1. The lowest BCUT2D eigenvalue weighted by Crippen LogP contribution is -2.05. The molecule has 0 fully saturated rings. The summed E-state index contributed by atoms with van der Waals surface area (Å²) in [7, 11) is 2.00. The molecule has 2 aromatic rings. The van der Waals surface area contributed by atoms with Gasteiger partial charge in [0.2, 0.25) is 6.79 Å². The second-order valence-electron chi connectivity index (χ2n) is 8.02. The van der Waals surface area contributed by atoms with E-state index in [9.17, 15) is 0 Å². The maximum Gasteiger partial charge on any atom is 0.231 e. The minimum atomic E-state index is 0.337. The van der Waals surface area contributed by atoms with E-state index in [1.807, 2.05) is 52.2 Å². The van der Waals surface area contributed by atoms with Crippen LogP contribution in [0.15, 0.2) is 66.5 Å². The lowest BCUT2D eigenvalue weighted by Gasteiger charge is -2.10. The molecule has 4 heteroatoms. The molecular formula is C29H40N2O2. The van der Waals surface area contributed by atoms with Crippen LogP contribution in [-0.4, -0.2) is 18.8 Å². The molecule has 0 spiro atoms. The van der Waals surface area contributed by atoms with Crippen LogP contribution in [0.3, 0.4) is 0 Å². The molecule has 4 nitrogen and oxygen atoms in total. The second kappa shape index (κ2) is 13.5. The predicted octanol–water partition coefficient (Wildman–Crippen LogP) is 7.57. The zero-order valence-electron chi connectivity index (χ0n) is 21.2. The zero-order chi connectivity index (χ0) is 24.2. The number of hydrogen-bond donors (Lipinski definition) is 1. The molecule has 1 unspecified atom stereocenters. The van der Waals surface area contributed by atoms with Crippen LogP contribution >= 0.6 is 0 Å². The average Bonchev–Trinajstić information content (AvgIpc) is 3.24. The summed E-state index contributed by atoms with van der Waals surface area (Å²) in [5.74, 6) is 2.10. The average molecular weight is 449 g/mol. The molecule has 2 heterocycles. The number of allylic oxidation sites excluding steroid dienone is 5. The van der Waals surface area contributed by atoms with Crippen LogP contribution in [0.5, 0.6) is 11.5 Å². The molecule has 1 aliphatic carbocycles. The Morgan fingerprint density at radius 3 is 2.48 bits per heavy atom. The highest BCUT2D eigenvalue weighted by Crippen LogP contribution is 2.35. The van der Waals surface area contributed by atoms with Crippen molar-refractivity contribution >= 4 is 5.57 Å². The van der Waals surface area contributed by atoms with E-state index in [1.165, 1.54) is 40.8 Å². The Morgan fingerprint density at radius 2 is 1.85 bits per heavy atom. The predicted molar refractivity (Wildman–Crippen MR) is 140 cm³/mol. The van der Waals surface area contributed by atoms with Crippen molar-refractivity contribution in [2.24, 2.45) is 0 Å². The zero-order valence-corrected chi connectivity index (χ0v) is 21.2. The van der Waals surface area contributed by atoms with Crippen LogP contribution in [0, 0.1) is 6.92 Å². The third-order valence-corrected chi connectivity index (χ3v) is 5.87. The first kappa shape index (κ1) is 26.2. The number of aromatic nitrogens is 1. The summed E-state index contributed by atoms with van der Waals surface area (Å²) in [4.78, 5) is 4.39. The van der Waals surface area contributed by atoms with Gasteiger partial charge >= 0.3 is 0 Å². The van der Waals surface area contributed by atoms with E-state index < -0.39 is 0 Å². The number of ether oxygens (including phenoxy) is 2. The van der Waals surface area contributed by atoms with Gasteiger partial charge in [-0.15, -0.1) is 6.58 Å². The number of pyridine rings is 1. The smallest absolute Gasteiger partial charge is 0.231 e. The number of nitrogens with one attached hydrogen (secondary N) is 1. The second-order valence-corrected chi connectivity index (χ2v) is 8.02. The van der Waals surface area contributed by atoms with E-state index >= 15 is 0 Å². The summed E-state index contributed by atoms with van der Waals surface area (Å²) < 4.78 is 10.6. The number of benzene rings is 1. The minimum Gasteiger partial charge on any atom is -0.454 e. The molecule has 1 N–H and O–H groups in total. The van der Waals surface area contributed by atoms with Crippen molar-refractivity contribution in [2.45, 2.75) is 66.2 Å². The monoisotopic (exact) mass is 448 g/mol. The molecule has 2 aliphatic rings. The van der Waals surface area contributed by atoms with Crippen molar-refractivity contribution in [3.63, 3.8) is 0 Å². The number of hydrogen-bond acceptors (Lipinski definition) is 4. The summed E-state index contributed by atoms with van der Waals surface area (Å²) >= 11 is 0. The highest BCUT2D eigenvalue weighted by atomic mass is 16.7. The van der Waals surface area contributed by atoms with Gasteiger partial charge in [-0.3, -0.25) is 4.98 Å². The normalized spacial score (nSPS) is 15.2. The summed E-state index contributed by atoms with van der Waals surface area (Å²) in [6, 6.07) is 10.3. The molecule has 0 bridgehead atoms. The van der Waals surface area contributed by atoms with E-state index in [0.29, 0.717) is 12.7 Å². The van der Waals surface area contributed by atoms with Crippen molar-refractivity contribution in [3.05, 3.63) is 83.4 Å². The van der Waals surface area contributed by atoms with Gasteiger partial charge in [0.05, 0.1) is 0 Å². The molecule has 178 valence electrons. The first-order valence-electron chi connectivity index (χ1n) is 12.1. The Bertz CT molecular complexity index is 958. The highest BCUT2D eigenvalue weighted by molar-refractivity contribution is 5.77. The number of fused-ring (bicyclic) bond motifs is 1. The van der Waals surface area contributed by atoms with Gasteiger partial charge in [-0.1, -0.05) is 44.6 Å². The number of nitrogens with zero attached hydrogens (tertiary/aromatic N) is 1. The van der Waals surface area contributed by atoms with Gasteiger partial charge < -0.3 is 14.8 Å². The van der Waals surface area contributed by atoms with Crippen molar-refractivity contribution in [2.75, 3.05) is 13.8 Å². The molecule has 1 aromatic carbocycles. The van der Waals surface area contributed by atoms with E-state index in [0.717, 1.165) is 30.0 Å². The standard InChI is InChI=1S/C15H20N2.C12H14O2.C2H6/c1-11-5-4-6-14(16-3)9-15(11)13-8-7-12(2)17-10-13;1-3-9(4-2)10-5-6-11-12(7-10)14-8-13-11;1-2/h7-10,16H,4-6H2,1-3H3;3,5-7,9H,1,4,8H2,2H3;1-2H3. The van der Waals surface area contributed by atoms with Crippen LogP contribution in [-0.2, 0) is 0 Å². The van der Waals surface area contributed by atoms with Gasteiger partial charge in [-0.25, -0.2) is 0 Å². The fraction of sp³-hybridized carbons (Fsp3) is 0.414. The van der Waals surface area contributed by atoms with Gasteiger partial charge in [0, 0.05) is 36.1 Å². The Kier molecular flexibility index (Phi) is 10.8. The Hall–Kier alpha value is -3.01. The largest absolute Gasteiger partial charge is 0.454 e. The topological polar surface area (TPSA) is 43.4 Å². The lowest BCUT2D eigenvalue weighted by atomic mass is 9.96. The summed E-state index contributed by atoms with van der Waals surface area (Å²) in [6.07, 6.45) is 10.8. The third kappa shape index (κ3) is 7.24. The molecule has 1 atom stereocenters. The molecule has 33 heavy (non-hydrogen) atoms. The maximum atomic E-state index is 5.32.